The van der Waals surface area contributed by atoms with Gasteiger partial charge in [0.2, 0.25) is 0 Å². The molecule has 0 unspecified atom stereocenters. The van der Waals surface area contributed by atoms with Crippen molar-refractivity contribution >= 4 is 22.4 Å². The average Bonchev–Trinajstić information content (AvgIpc) is 2.69. The predicted octanol–water partition coefficient (Wildman–Crippen LogP) is 0.894. The third kappa shape index (κ3) is 4.08. The van der Waals surface area contributed by atoms with Crippen molar-refractivity contribution in [2.75, 3.05) is 38.0 Å². The average molecular weight is 354 g/mol. The number of amides is 1. The van der Waals surface area contributed by atoms with E-state index in [2.05, 4.69) is 23.5 Å². The molecule has 138 valence electrons. The molecular weight excluding hydrogens is 322 g/mol. The van der Waals surface area contributed by atoms with Crippen molar-refractivity contribution in [1.82, 2.24) is 0 Å². The summed E-state index contributed by atoms with van der Waals surface area (Å²) in [6, 6.07) is 15.2. The van der Waals surface area contributed by atoms with Crippen molar-refractivity contribution in [3.05, 3.63) is 42.5 Å². The first kappa shape index (κ1) is 17.5. The fourth-order valence-corrected chi connectivity index (χ4v) is 4.78. The summed E-state index contributed by atoms with van der Waals surface area (Å²) >= 11 is 0. The lowest BCUT2D eigenvalue weighted by Crippen LogP contribution is -3.21. The Balaban J connectivity index is 1.30. The van der Waals surface area contributed by atoms with Crippen molar-refractivity contribution < 1.29 is 14.6 Å². The molecule has 4 rings (SSSR count). The van der Waals surface area contributed by atoms with Crippen LogP contribution >= 0.6 is 0 Å². The fourth-order valence-electron chi connectivity index (χ4n) is 4.78. The molecule has 2 saturated heterocycles. The summed E-state index contributed by atoms with van der Waals surface area (Å²) in [5.41, 5.74) is 0.931. The van der Waals surface area contributed by atoms with Gasteiger partial charge >= 0.3 is 0 Å². The number of piperidine rings is 2. The highest BCUT2D eigenvalue weighted by molar-refractivity contribution is 6.02. The van der Waals surface area contributed by atoms with E-state index in [1.165, 1.54) is 55.5 Å². The molecular formula is C22H31N3O+2. The van der Waals surface area contributed by atoms with E-state index in [0.717, 1.165) is 30.2 Å². The zero-order valence-electron chi connectivity index (χ0n) is 15.6. The van der Waals surface area contributed by atoms with Gasteiger partial charge in [-0.3, -0.25) is 4.79 Å². The van der Waals surface area contributed by atoms with E-state index in [-0.39, 0.29) is 5.91 Å². The summed E-state index contributed by atoms with van der Waals surface area (Å²) in [7, 11) is 0. The van der Waals surface area contributed by atoms with E-state index in [1.807, 2.05) is 29.2 Å². The number of hydrogen-bond donors (Lipinski definition) is 3. The lowest BCUT2D eigenvalue weighted by Gasteiger charge is -2.35. The number of fused-ring (bicyclic) bond motifs is 1. The number of nitrogens with one attached hydrogen (secondary N) is 3. The molecule has 26 heavy (non-hydrogen) atoms. The van der Waals surface area contributed by atoms with Crippen LogP contribution in [0.5, 0.6) is 0 Å². The number of anilines is 1. The van der Waals surface area contributed by atoms with Crippen LogP contribution in [0.2, 0.25) is 0 Å². The molecule has 0 aromatic heterocycles. The number of benzene rings is 2. The van der Waals surface area contributed by atoms with Crippen LogP contribution in [0.1, 0.15) is 32.1 Å². The number of carbonyl (C=O) groups excluding carboxylic acids is 1. The molecule has 4 heteroatoms. The minimum Gasteiger partial charge on any atom is -0.332 e. The molecule has 2 aromatic rings. The Hall–Kier alpha value is -1.91. The lowest BCUT2D eigenvalue weighted by atomic mass is 10.00. The van der Waals surface area contributed by atoms with Crippen LogP contribution < -0.4 is 15.1 Å². The van der Waals surface area contributed by atoms with Crippen LogP contribution in [-0.4, -0.2) is 44.7 Å². The van der Waals surface area contributed by atoms with Gasteiger partial charge in [-0.25, -0.2) is 0 Å². The Morgan fingerprint density at radius 3 is 2.46 bits per heavy atom. The summed E-state index contributed by atoms with van der Waals surface area (Å²) in [5.74, 6) is 0.139. The molecule has 0 saturated carbocycles. The molecule has 4 nitrogen and oxygen atoms in total. The molecule has 2 aliphatic rings. The van der Waals surface area contributed by atoms with E-state index >= 15 is 0 Å². The van der Waals surface area contributed by atoms with Gasteiger partial charge in [-0.2, -0.15) is 0 Å². The molecule has 0 aliphatic carbocycles. The van der Waals surface area contributed by atoms with Crippen LogP contribution in [0.3, 0.4) is 0 Å². The van der Waals surface area contributed by atoms with Gasteiger partial charge in [0.05, 0.1) is 32.2 Å². The number of carbonyl (C=O) groups is 1. The lowest BCUT2D eigenvalue weighted by molar-refractivity contribution is -0.958. The molecule has 0 bridgehead atoms. The van der Waals surface area contributed by atoms with Crippen LogP contribution in [0.25, 0.3) is 10.8 Å². The van der Waals surface area contributed by atoms with Gasteiger partial charge in [-0.1, -0.05) is 36.4 Å². The number of rotatable bonds is 4. The van der Waals surface area contributed by atoms with Gasteiger partial charge in [0, 0.05) is 23.9 Å². The highest BCUT2D eigenvalue weighted by Gasteiger charge is 2.31. The SMILES string of the molecule is O=C(C[NH+]1CCC([NH+]2CCCCC2)CC1)Nc1cccc2ccccc12. The van der Waals surface area contributed by atoms with Gasteiger partial charge in [0.1, 0.15) is 0 Å². The normalized spacial score (nSPS) is 24.5. The Kier molecular flexibility index (Phi) is 5.51. The van der Waals surface area contributed by atoms with E-state index < -0.39 is 0 Å². The van der Waals surface area contributed by atoms with Crippen molar-refractivity contribution in [1.29, 1.82) is 0 Å². The quantitative estimate of drug-likeness (QED) is 0.751. The van der Waals surface area contributed by atoms with Crippen molar-refractivity contribution in [3.63, 3.8) is 0 Å². The summed E-state index contributed by atoms with van der Waals surface area (Å²) in [5, 5.41) is 5.43. The maximum Gasteiger partial charge on any atom is 0.279 e. The number of hydrogen-bond acceptors (Lipinski definition) is 1. The first-order valence-electron chi connectivity index (χ1n) is 10.3. The van der Waals surface area contributed by atoms with E-state index in [4.69, 9.17) is 0 Å². The van der Waals surface area contributed by atoms with Crippen LogP contribution in [0.4, 0.5) is 5.69 Å². The first-order chi connectivity index (χ1) is 12.8. The molecule has 1 amide bonds. The predicted molar refractivity (Wildman–Crippen MR) is 106 cm³/mol. The van der Waals surface area contributed by atoms with E-state index in [0.29, 0.717) is 6.54 Å². The van der Waals surface area contributed by atoms with Crippen LogP contribution in [-0.2, 0) is 4.79 Å². The molecule has 3 N–H and O–H groups in total. The topological polar surface area (TPSA) is 38.0 Å². The minimum atomic E-state index is 0.139. The summed E-state index contributed by atoms with van der Waals surface area (Å²) in [6.45, 7) is 5.59. The largest absolute Gasteiger partial charge is 0.332 e. The molecule has 2 heterocycles. The summed E-state index contributed by atoms with van der Waals surface area (Å²) < 4.78 is 0. The fraction of sp³-hybridized carbons (Fsp3) is 0.500. The zero-order valence-corrected chi connectivity index (χ0v) is 15.6. The van der Waals surface area contributed by atoms with Gasteiger partial charge < -0.3 is 15.1 Å². The molecule has 0 radical (unpaired) electrons. The summed E-state index contributed by atoms with van der Waals surface area (Å²) in [4.78, 5) is 15.8. The Labute approximate surface area is 156 Å². The highest BCUT2D eigenvalue weighted by Crippen LogP contribution is 2.22. The minimum absolute atomic E-state index is 0.139. The van der Waals surface area contributed by atoms with Gasteiger partial charge in [-0.15, -0.1) is 0 Å². The van der Waals surface area contributed by atoms with Gasteiger partial charge in [0.15, 0.2) is 6.54 Å². The molecule has 2 aliphatic heterocycles. The number of likely N-dealkylation sites (tertiary alicyclic amines) is 2. The second-order valence-corrected chi connectivity index (χ2v) is 7.99. The van der Waals surface area contributed by atoms with Crippen LogP contribution in [0, 0.1) is 0 Å². The van der Waals surface area contributed by atoms with Crippen LogP contribution in [0.15, 0.2) is 42.5 Å². The second kappa shape index (κ2) is 8.19. The highest BCUT2D eigenvalue weighted by atomic mass is 16.2. The third-order valence-corrected chi connectivity index (χ3v) is 6.24. The van der Waals surface area contributed by atoms with Crippen molar-refractivity contribution in [2.24, 2.45) is 0 Å². The van der Waals surface area contributed by atoms with Gasteiger partial charge in [0.25, 0.3) is 5.91 Å². The van der Waals surface area contributed by atoms with E-state index in [1.54, 1.807) is 0 Å². The maximum absolute atomic E-state index is 12.6. The van der Waals surface area contributed by atoms with Gasteiger partial charge in [-0.05, 0) is 30.7 Å². The smallest absolute Gasteiger partial charge is 0.279 e. The molecule has 2 aromatic carbocycles. The first-order valence-corrected chi connectivity index (χ1v) is 10.3. The standard InChI is InChI=1S/C22H29N3O/c26-22(23-21-10-6-8-18-7-2-3-9-20(18)21)17-24-15-11-19(12-16-24)25-13-4-1-5-14-25/h2-3,6-10,19H,1,4-5,11-17H2,(H,23,26)/p+2. The Bertz CT molecular complexity index is 741. The Morgan fingerprint density at radius 1 is 0.923 bits per heavy atom. The van der Waals surface area contributed by atoms with Crippen molar-refractivity contribution in [3.8, 4) is 0 Å². The number of quaternary nitrogens is 2. The molecule has 0 atom stereocenters. The summed E-state index contributed by atoms with van der Waals surface area (Å²) in [6.07, 6.45) is 6.76. The van der Waals surface area contributed by atoms with E-state index in [9.17, 15) is 4.79 Å². The molecule has 2 fully saturated rings. The third-order valence-electron chi connectivity index (χ3n) is 6.24. The zero-order chi connectivity index (χ0) is 17.8. The Morgan fingerprint density at radius 2 is 1.65 bits per heavy atom. The second-order valence-electron chi connectivity index (χ2n) is 7.99. The van der Waals surface area contributed by atoms with Crippen molar-refractivity contribution in [2.45, 2.75) is 38.1 Å². The maximum atomic E-state index is 12.6. The monoisotopic (exact) mass is 353 g/mol. The molecule has 0 spiro atoms.